The Morgan fingerprint density at radius 3 is 2.38 bits per heavy atom. The van der Waals surface area contributed by atoms with E-state index in [1.54, 1.807) is 30.3 Å². The normalized spacial score (nSPS) is 15.2. The van der Waals surface area contributed by atoms with E-state index < -0.39 is 17.5 Å². The number of nitrogens with one attached hydrogen (secondary N) is 1. The van der Waals surface area contributed by atoms with Crippen LogP contribution in [0, 0.1) is 6.92 Å². The number of amides is 1. The van der Waals surface area contributed by atoms with E-state index >= 15 is 0 Å². The van der Waals surface area contributed by atoms with Crippen LogP contribution in [0.3, 0.4) is 0 Å². The van der Waals surface area contributed by atoms with Gasteiger partial charge >= 0.3 is 5.63 Å². The molecule has 0 fully saturated rings. The van der Waals surface area contributed by atoms with Gasteiger partial charge in [-0.25, -0.2) is 4.79 Å². The van der Waals surface area contributed by atoms with Crippen LogP contribution < -0.4 is 21.4 Å². The van der Waals surface area contributed by atoms with Crippen LogP contribution in [0.5, 0.6) is 5.75 Å². The van der Waals surface area contributed by atoms with E-state index in [9.17, 15) is 9.59 Å². The monoisotopic (exact) mass is 424 g/mol. The molecule has 5 rings (SSSR count). The van der Waals surface area contributed by atoms with Crippen molar-refractivity contribution in [2.45, 2.75) is 12.8 Å². The molecule has 0 spiro atoms. The minimum atomic E-state index is -0.746. The van der Waals surface area contributed by atoms with Gasteiger partial charge in [-0.2, -0.15) is 0 Å². The number of aryl methyl sites for hydroxylation is 1. The number of anilines is 1. The molecule has 6 heteroatoms. The predicted molar refractivity (Wildman–Crippen MR) is 122 cm³/mol. The molecule has 32 heavy (non-hydrogen) atoms. The second kappa shape index (κ2) is 7.74. The third-order valence-electron chi connectivity index (χ3n) is 5.54. The third kappa shape index (κ3) is 3.32. The third-order valence-corrected chi connectivity index (χ3v) is 5.54. The molecule has 6 nitrogen and oxygen atoms in total. The van der Waals surface area contributed by atoms with E-state index in [1.165, 1.54) is 0 Å². The van der Waals surface area contributed by atoms with Crippen molar-refractivity contribution in [3.8, 4) is 5.75 Å². The van der Waals surface area contributed by atoms with Gasteiger partial charge in [-0.3, -0.25) is 4.79 Å². The van der Waals surface area contributed by atoms with Gasteiger partial charge in [0.05, 0.1) is 22.4 Å². The number of carbonyl (C=O) groups excluding carboxylic acids is 1. The van der Waals surface area contributed by atoms with Crippen molar-refractivity contribution in [3.05, 3.63) is 117 Å². The second-order valence-corrected chi connectivity index (χ2v) is 7.67. The average Bonchev–Trinajstić information content (AvgIpc) is 2.79. The number of benzene rings is 3. The van der Waals surface area contributed by atoms with Gasteiger partial charge in [-0.1, -0.05) is 60.2 Å². The van der Waals surface area contributed by atoms with Gasteiger partial charge in [0, 0.05) is 5.69 Å². The van der Waals surface area contributed by atoms with E-state index in [2.05, 4.69) is 5.32 Å². The zero-order chi connectivity index (χ0) is 22.2. The lowest BCUT2D eigenvalue weighted by Crippen LogP contribution is -2.32. The Labute approximate surface area is 183 Å². The van der Waals surface area contributed by atoms with Gasteiger partial charge in [0.1, 0.15) is 5.58 Å². The Morgan fingerprint density at radius 1 is 0.938 bits per heavy atom. The fourth-order valence-corrected chi connectivity index (χ4v) is 4.00. The van der Waals surface area contributed by atoms with Gasteiger partial charge in [0.2, 0.25) is 5.88 Å². The Bertz CT molecular complexity index is 1420. The number of para-hydroxylation sites is 2. The average molecular weight is 424 g/mol. The Kier molecular flexibility index (Phi) is 4.75. The highest BCUT2D eigenvalue weighted by molar-refractivity contribution is 6.06. The summed E-state index contributed by atoms with van der Waals surface area (Å²) >= 11 is 0. The highest BCUT2D eigenvalue weighted by Gasteiger charge is 2.38. The molecule has 1 amide bonds. The first-order valence-corrected chi connectivity index (χ1v) is 10.2. The number of hydrogen-bond donors (Lipinski definition) is 2. The summed E-state index contributed by atoms with van der Waals surface area (Å²) in [5.41, 5.74) is 8.95. The highest BCUT2D eigenvalue weighted by Crippen LogP contribution is 2.44. The van der Waals surface area contributed by atoms with Crippen molar-refractivity contribution in [2.75, 3.05) is 5.32 Å². The molecule has 158 valence electrons. The first-order chi connectivity index (χ1) is 15.5. The molecule has 1 aliphatic heterocycles. The molecule has 1 aromatic heterocycles. The maximum atomic E-state index is 13.4. The summed E-state index contributed by atoms with van der Waals surface area (Å²) in [6.07, 6.45) is 0. The minimum Gasteiger partial charge on any atom is -0.440 e. The Morgan fingerprint density at radius 2 is 1.62 bits per heavy atom. The predicted octanol–water partition coefficient (Wildman–Crippen LogP) is 4.43. The molecule has 1 atom stereocenters. The van der Waals surface area contributed by atoms with Crippen LogP contribution in [0.15, 0.2) is 99.5 Å². The lowest BCUT2D eigenvalue weighted by molar-refractivity contribution is -0.113. The zero-order valence-electron chi connectivity index (χ0n) is 17.3. The first kappa shape index (κ1) is 19.6. The second-order valence-electron chi connectivity index (χ2n) is 7.67. The number of ether oxygens (including phenoxy) is 1. The van der Waals surface area contributed by atoms with E-state index in [1.807, 2.05) is 55.5 Å². The number of hydrogen-bond acceptors (Lipinski definition) is 5. The Balaban J connectivity index is 1.72. The fourth-order valence-electron chi connectivity index (χ4n) is 4.00. The van der Waals surface area contributed by atoms with Gasteiger partial charge < -0.3 is 20.2 Å². The minimum absolute atomic E-state index is 0.0488. The summed E-state index contributed by atoms with van der Waals surface area (Å²) in [5.74, 6) is -0.926. The molecule has 1 aliphatic rings. The van der Waals surface area contributed by atoms with Crippen LogP contribution in [-0.2, 0) is 4.79 Å². The van der Waals surface area contributed by atoms with Crippen molar-refractivity contribution >= 4 is 22.6 Å². The first-order valence-electron chi connectivity index (χ1n) is 10.2. The van der Waals surface area contributed by atoms with Crippen molar-refractivity contribution in [3.63, 3.8) is 0 Å². The molecular weight excluding hydrogens is 404 g/mol. The van der Waals surface area contributed by atoms with Crippen LogP contribution >= 0.6 is 0 Å². The molecule has 3 aromatic carbocycles. The SMILES string of the molecule is Cc1ccc([C@@H]2C(C(=O)Nc3ccccc3)=C(N)Oc3c2c(=O)oc2ccccc32)cc1. The van der Waals surface area contributed by atoms with Gasteiger partial charge in [-0.15, -0.1) is 0 Å². The molecule has 0 radical (unpaired) electrons. The molecule has 2 heterocycles. The molecule has 3 N–H and O–H groups in total. The van der Waals surface area contributed by atoms with E-state index in [0.717, 1.165) is 11.1 Å². The standard InChI is InChI=1S/C26H20N2O4/c1-15-11-13-16(14-12-15)20-21-23(18-9-5-6-10-19(18)31-26(21)30)32-24(27)22(20)25(29)28-17-7-3-2-4-8-17/h2-14,20H,27H2,1H3,(H,28,29)/t20-/m0/s1. The van der Waals surface area contributed by atoms with E-state index in [0.29, 0.717) is 22.4 Å². The molecule has 4 aromatic rings. The summed E-state index contributed by atoms with van der Waals surface area (Å²) in [6.45, 7) is 1.97. The maximum Gasteiger partial charge on any atom is 0.344 e. The molecule has 0 unspecified atom stereocenters. The van der Waals surface area contributed by atoms with Gasteiger partial charge in [0.25, 0.3) is 5.91 Å². The zero-order valence-corrected chi connectivity index (χ0v) is 17.3. The lowest BCUT2D eigenvalue weighted by atomic mass is 9.82. The summed E-state index contributed by atoms with van der Waals surface area (Å²) in [7, 11) is 0. The van der Waals surface area contributed by atoms with E-state index in [4.69, 9.17) is 14.9 Å². The van der Waals surface area contributed by atoms with Crippen LogP contribution in [0.25, 0.3) is 11.0 Å². The maximum absolute atomic E-state index is 13.4. The van der Waals surface area contributed by atoms with Crippen molar-refractivity contribution in [1.82, 2.24) is 0 Å². The van der Waals surface area contributed by atoms with Crippen molar-refractivity contribution in [2.24, 2.45) is 5.73 Å². The van der Waals surface area contributed by atoms with E-state index in [-0.39, 0.29) is 17.0 Å². The van der Waals surface area contributed by atoms with Gasteiger partial charge in [-0.05, 0) is 36.8 Å². The molecule has 0 saturated carbocycles. The summed E-state index contributed by atoms with van der Waals surface area (Å²) in [5, 5.41) is 3.47. The topological polar surface area (TPSA) is 94.6 Å². The van der Waals surface area contributed by atoms with Crippen LogP contribution in [0.2, 0.25) is 0 Å². The molecule has 0 bridgehead atoms. The number of fused-ring (bicyclic) bond motifs is 3. The Hall–Kier alpha value is -4.32. The molecule has 0 aliphatic carbocycles. The smallest absolute Gasteiger partial charge is 0.344 e. The summed E-state index contributed by atoms with van der Waals surface area (Å²) in [6, 6.07) is 23.7. The quantitative estimate of drug-likeness (QED) is 0.474. The molecular formula is C26H20N2O4. The van der Waals surface area contributed by atoms with Crippen LogP contribution in [0.1, 0.15) is 22.6 Å². The number of nitrogens with two attached hydrogens (primary N) is 1. The number of rotatable bonds is 3. The summed E-state index contributed by atoms with van der Waals surface area (Å²) in [4.78, 5) is 26.5. The van der Waals surface area contributed by atoms with Crippen LogP contribution in [0.4, 0.5) is 5.69 Å². The largest absolute Gasteiger partial charge is 0.440 e. The van der Waals surface area contributed by atoms with Crippen LogP contribution in [-0.4, -0.2) is 5.91 Å². The van der Waals surface area contributed by atoms with Crippen molar-refractivity contribution in [1.29, 1.82) is 0 Å². The van der Waals surface area contributed by atoms with Crippen molar-refractivity contribution < 1.29 is 13.9 Å². The summed E-state index contributed by atoms with van der Waals surface area (Å²) < 4.78 is 11.5. The number of carbonyl (C=O) groups is 1. The van der Waals surface area contributed by atoms with Gasteiger partial charge in [0.15, 0.2) is 5.75 Å². The highest BCUT2D eigenvalue weighted by atomic mass is 16.5. The molecule has 0 saturated heterocycles. The lowest BCUT2D eigenvalue weighted by Gasteiger charge is -2.28. The fraction of sp³-hybridized carbons (Fsp3) is 0.0769.